The third kappa shape index (κ3) is 4.10. The Hall–Kier alpha value is -1.76. The van der Waals surface area contributed by atoms with E-state index in [4.69, 9.17) is 0 Å². The fourth-order valence-corrected chi connectivity index (χ4v) is 2.82. The monoisotopic (exact) mass is 281 g/mol. The summed E-state index contributed by atoms with van der Waals surface area (Å²) in [6.45, 7) is 6.68. The van der Waals surface area contributed by atoms with Crippen LogP contribution in [-0.2, 0) is 6.42 Å². The lowest BCUT2D eigenvalue weighted by molar-refractivity contribution is 0.633. The van der Waals surface area contributed by atoms with Gasteiger partial charge in [-0.1, -0.05) is 75.2 Å². The summed E-state index contributed by atoms with van der Waals surface area (Å²) in [5.74, 6) is 0. The molecule has 1 heteroatoms. The number of nitrogens with one attached hydrogen (secondary N) is 1. The van der Waals surface area contributed by atoms with Crippen LogP contribution < -0.4 is 5.32 Å². The van der Waals surface area contributed by atoms with Gasteiger partial charge >= 0.3 is 0 Å². The lowest BCUT2D eigenvalue weighted by atomic mass is 9.98. The fraction of sp³-hybridized carbons (Fsp3) is 0.400. The highest BCUT2D eigenvalue weighted by molar-refractivity contribution is 5.58. The van der Waals surface area contributed by atoms with E-state index in [2.05, 4.69) is 74.6 Å². The number of anilines is 1. The molecular formula is C20H27N. The highest BCUT2D eigenvalue weighted by Crippen LogP contribution is 2.29. The Morgan fingerprint density at radius 1 is 0.952 bits per heavy atom. The number of para-hydroxylation sites is 1. The fourth-order valence-electron chi connectivity index (χ4n) is 2.82. The number of unbranched alkanes of at least 4 members (excludes halogenated alkanes) is 1. The molecule has 1 N–H and O–H groups in total. The van der Waals surface area contributed by atoms with Crippen molar-refractivity contribution in [2.45, 2.75) is 52.5 Å². The van der Waals surface area contributed by atoms with Crippen LogP contribution in [0.1, 0.15) is 55.8 Å². The Morgan fingerprint density at radius 2 is 1.71 bits per heavy atom. The van der Waals surface area contributed by atoms with Crippen LogP contribution in [0.2, 0.25) is 0 Å². The van der Waals surface area contributed by atoms with Gasteiger partial charge in [-0.3, -0.25) is 0 Å². The van der Waals surface area contributed by atoms with Crippen LogP contribution in [0.25, 0.3) is 0 Å². The second-order valence-electron chi connectivity index (χ2n) is 5.71. The molecule has 0 amide bonds. The normalized spacial score (nSPS) is 12.1. The quantitative estimate of drug-likeness (QED) is 0.666. The first-order chi connectivity index (χ1) is 10.3. The largest absolute Gasteiger partial charge is 0.378 e. The summed E-state index contributed by atoms with van der Waals surface area (Å²) >= 11 is 0. The van der Waals surface area contributed by atoms with Crippen LogP contribution in [0.5, 0.6) is 0 Å². The van der Waals surface area contributed by atoms with E-state index >= 15 is 0 Å². The molecule has 0 heterocycles. The summed E-state index contributed by atoms with van der Waals surface area (Å²) in [7, 11) is 0. The van der Waals surface area contributed by atoms with Crippen molar-refractivity contribution < 1.29 is 0 Å². The van der Waals surface area contributed by atoms with Crippen molar-refractivity contribution in [2.24, 2.45) is 0 Å². The lowest BCUT2D eigenvalue weighted by Crippen LogP contribution is -2.13. The van der Waals surface area contributed by atoms with Crippen LogP contribution in [0.15, 0.2) is 48.5 Å². The van der Waals surface area contributed by atoms with Crippen LogP contribution >= 0.6 is 0 Å². The lowest BCUT2D eigenvalue weighted by Gasteiger charge is -2.23. The summed E-state index contributed by atoms with van der Waals surface area (Å²) in [6, 6.07) is 17.8. The smallest absolute Gasteiger partial charge is 0.0514 e. The third-order valence-electron chi connectivity index (χ3n) is 4.11. The first-order valence-corrected chi connectivity index (χ1v) is 8.16. The molecule has 0 spiro atoms. The number of aryl methyl sites for hydroxylation is 2. The van der Waals surface area contributed by atoms with E-state index in [9.17, 15) is 0 Å². The molecule has 0 saturated carbocycles. The maximum Gasteiger partial charge on any atom is 0.0514 e. The Labute approximate surface area is 129 Å². The topological polar surface area (TPSA) is 12.0 Å². The summed E-state index contributed by atoms with van der Waals surface area (Å²) < 4.78 is 0. The number of hydrogen-bond donors (Lipinski definition) is 1. The molecule has 0 fully saturated rings. The van der Waals surface area contributed by atoms with Crippen molar-refractivity contribution >= 4 is 5.69 Å². The van der Waals surface area contributed by atoms with Crippen LogP contribution in [0.3, 0.4) is 0 Å². The van der Waals surface area contributed by atoms with Gasteiger partial charge in [0.05, 0.1) is 6.04 Å². The van der Waals surface area contributed by atoms with Gasteiger partial charge in [-0.05, 0) is 36.5 Å². The summed E-state index contributed by atoms with van der Waals surface area (Å²) in [5, 5.41) is 3.82. The van der Waals surface area contributed by atoms with E-state index in [1.807, 2.05) is 0 Å². The second-order valence-corrected chi connectivity index (χ2v) is 5.71. The zero-order valence-electron chi connectivity index (χ0n) is 13.5. The van der Waals surface area contributed by atoms with Gasteiger partial charge in [0.1, 0.15) is 0 Å². The van der Waals surface area contributed by atoms with Gasteiger partial charge in [0.25, 0.3) is 0 Å². The Balaban J connectivity index is 2.27. The molecule has 0 saturated heterocycles. The van der Waals surface area contributed by atoms with Crippen molar-refractivity contribution in [3.8, 4) is 0 Å². The number of rotatable bonds is 7. The molecule has 2 aromatic rings. The van der Waals surface area contributed by atoms with Crippen molar-refractivity contribution in [3.05, 3.63) is 65.2 Å². The van der Waals surface area contributed by atoms with Crippen molar-refractivity contribution in [1.29, 1.82) is 0 Å². The maximum absolute atomic E-state index is 3.82. The zero-order chi connectivity index (χ0) is 15.1. The molecule has 21 heavy (non-hydrogen) atoms. The maximum atomic E-state index is 3.82. The van der Waals surface area contributed by atoms with E-state index in [1.165, 1.54) is 41.6 Å². The molecule has 0 aliphatic heterocycles. The third-order valence-corrected chi connectivity index (χ3v) is 4.11. The summed E-state index contributed by atoms with van der Waals surface area (Å²) in [5.41, 5.74) is 5.46. The van der Waals surface area contributed by atoms with Crippen molar-refractivity contribution in [3.63, 3.8) is 0 Å². The first-order valence-electron chi connectivity index (χ1n) is 8.16. The van der Waals surface area contributed by atoms with E-state index in [-0.39, 0.29) is 0 Å². The van der Waals surface area contributed by atoms with Crippen molar-refractivity contribution in [1.82, 2.24) is 0 Å². The van der Waals surface area contributed by atoms with Crippen LogP contribution in [-0.4, -0.2) is 0 Å². The summed E-state index contributed by atoms with van der Waals surface area (Å²) in [4.78, 5) is 0. The second kappa shape index (κ2) is 7.87. The van der Waals surface area contributed by atoms with Gasteiger partial charge in [0, 0.05) is 5.69 Å². The van der Waals surface area contributed by atoms with Gasteiger partial charge in [0.2, 0.25) is 0 Å². The van der Waals surface area contributed by atoms with Gasteiger partial charge in [-0.25, -0.2) is 0 Å². The average molecular weight is 281 g/mol. The molecule has 2 rings (SSSR count). The van der Waals surface area contributed by atoms with Crippen LogP contribution in [0.4, 0.5) is 5.69 Å². The molecule has 112 valence electrons. The van der Waals surface area contributed by atoms with E-state index in [0.29, 0.717) is 6.04 Å². The highest BCUT2D eigenvalue weighted by atomic mass is 14.9. The van der Waals surface area contributed by atoms with Crippen molar-refractivity contribution in [2.75, 3.05) is 5.32 Å². The highest BCUT2D eigenvalue weighted by Gasteiger charge is 2.13. The van der Waals surface area contributed by atoms with E-state index < -0.39 is 0 Å². The van der Waals surface area contributed by atoms with Crippen LogP contribution in [0, 0.1) is 6.92 Å². The molecule has 0 aromatic heterocycles. The minimum Gasteiger partial charge on any atom is -0.378 e. The van der Waals surface area contributed by atoms with E-state index in [1.54, 1.807) is 0 Å². The molecule has 0 bridgehead atoms. The zero-order valence-corrected chi connectivity index (χ0v) is 13.5. The molecule has 0 aliphatic rings. The average Bonchev–Trinajstić information content (AvgIpc) is 2.53. The van der Waals surface area contributed by atoms with Gasteiger partial charge < -0.3 is 5.32 Å². The molecule has 2 aromatic carbocycles. The van der Waals surface area contributed by atoms with Gasteiger partial charge in [-0.2, -0.15) is 0 Å². The Morgan fingerprint density at radius 3 is 2.38 bits per heavy atom. The Bertz CT molecular complexity index is 545. The number of hydrogen-bond acceptors (Lipinski definition) is 1. The standard InChI is InChI=1S/C20H27N/c1-4-6-15-19(18-12-8-7-9-13-18)21-20-16(3)11-10-14-17(20)5-2/h7-14,19,21H,4-6,15H2,1-3H3. The first kappa shape index (κ1) is 15.6. The minimum absolute atomic E-state index is 0.401. The van der Waals surface area contributed by atoms with E-state index in [0.717, 1.165) is 6.42 Å². The molecule has 0 radical (unpaired) electrons. The SMILES string of the molecule is CCCCC(Nc1c(C)cccc1CC)c1ccccc1. The van der Waals surface area contributed by atoms with Gasteiger partial charge in [-0.15, -0.1) is 0 Å². The molecule has 0 aliphatic carbocycles. The molecule has 1 atom stereocenters. The Kier molecular flexibility index (Phi) is 5.86. The minimum atomic E-state index is 0.401. The molecule has 1 nitrogen and oxygen atoms in total. The molecular weight excluding hydrogens is 254 g/mol. The predicted molar refractivity (Wildman–Crippen MR) is 92.9 cm³/mol. The number of benzene rings is 2. The predicted octanol–water partition coefficient (Wildman–Crippen LogP) is 5.90. The van der Waals surface area contributed by atoms with Gasteiger partial charge in [0.15, 0.2) is 0 Å². The molecule has 1 unspecified atom stereocenters. The summed E-state index contributed by atoms with van der Waals surface area (Å²) in [6.07, 6.45) is 4.73.